The van der Waals surface area contributed by atoms with Crippen LogP contribution in [0.5, 0.6) is 11.5 Å². The topological polar surface area (TPSA) is 67.5 Å². The standard InChI is InChI=1S/C19H25N3O3/c1-13-17(11-20-21-13)19(23)22(15-6-4-5-7-15)12-14-10-16(24-2)8-9-18(14)25-3/h8-11,15H,4-7,12H2,1-3H3,(H,20,21). The molecule has 1 aromatic heterocycles. The van der Waals surface area contributed by atoms with Crippen LogP contribution in [-0.4, -0.2) is 41.3 Å². The second-order valence-electron chi connectivity index (χ2n) is 6.46. The lowest BCUT2D eigenvalue weighted by Gasteiger charge is -2.29. The fraction of sp³-hybridized carbons (Fsp3) is 0.474. The lowest BCUT2D eigenvalue weighted by Crippen LogP contribution is -2.38. The first-order chi connectivity index (χ1) is 12.1. The number of amides is 1. The monoisotopic (exact) mass is 343 g/mol. The minimum absolute atomic E-state index is 0.0167. The van der Waals surface area contributed by atoms with Gasteiger partial charge in [-0.05, 0) is 38.0 Å². The van der Waals surface area contributed by atoms with Crippen LogP contribution in [0.4, 0.5) is 0 Å². The van der Waals surface area contributed by atoms with E-state index < -0.39 is 0 Å². The number of methoxy groups -OCH3 is 2. The van der Waals surface area contributed by atoms with Gasteiger partial charge in [-0.15, -0.1) is 0 Å². The highest BCUT2D eigenvalue weighted by molar-refractivity contribution is 5.95. The number of nitrogens with one attached hydrogen (secondary N) is 1. The smallest absolute Gasteiger partial charge is 0.257 e. The van der Waals surface area contributed by atoms with Gasteiger partial charge in [-0.1, -0.05) is 12.8 Å². The molecule has 0 unspecified atom stereocenters. The zero-order valence-electron chi connectivity index (χ0n) is 15.0. The number of carbonyl (C=O) groups excluding carboxylic acids is 1. The molecule has 1 fully saturated rings. The average molecular weight is 343 g/mol. The summed E-state index contributed by atoms with van der Waals surface area (Å²) in [6.45, 7) is 2.37. The van der Waals surface area contributed by atoms with Gasteiger partial charge in [-0.3, -0.25) is 9.89 Å². The van der Waals surface area contributed by atoms with Crippen molar-refractivity contribution in [2.75, 3.05) is 14.2 Å². The summed E-state index contributed by atoms with van der Waals surface area (Å²) in [5.41, 5.74) is 2.38. The zero-order valence-corrected chi connectivity index (χ0v) is 15.0. The number of hydrogen-bond acceptors (Lipinski definition) is 4. The van der Waals surface area contributed by atoms with Crippen LogP contribution >= 0.6 is 0 Å². The van der Waals surface area contributed by atoms with Gasteiger partial charge in [0.05, 0.1) is 32.5 Å². The number of hydrogen-bond donors (Lipinski definition) is 1. The van der Waals surface area contributed by atoms with Crippen LogP contribution in [0.3, 0.4) is 0 Å². The van der Waals surface area contributed by atoms with Gasteiger partial charge in [0, 0.05) is 17.3 Å². The van der Waals surface area contributed by atoms with E-state index in [4.69, 9.17) is 9.47 Å². The molecule has 3 rings (SSSR count). The van der Waals surface area contributed by atoms with Gasteiger partial charge in [-0.25, -0.2) is 0 Å². The Morgan fingerprint density at radius 1 is 1.28 bits per heavy atom. The molecule has 1 aliphatic rings. The normalized spacial score (nSPS) is 14.5. The van der Waals surface area contributed by atoms with Gasteiger partial charge in [0.2, 0.25) is 0 Å². The molecule has 0 saturated heterocycles. The van der Waals surface area contributed by atoms with E-state index in [0.717, 1.165) is 48.4 Å². The maximum Gasteiger partial charge on any atom is 0.257 e. The van der Waals surface area contributed by atoms with Crippen LogP contribution in [0.15, 0.2) is 24.4 Å². The number of carbonyl (C=O) groups is 1. The Labute approximate surface area is 148 Å². The Morgan fingerprint density at radius 2 is 2.04 bits per heavy atom. The molecule has 1 aromatic carbocycles. The van der Waals surface area contributed by atoms with E-state index in [1.807, 2.05) is 30.0 Å². The molecule has 6 nitrogen and oxygen atoms in total. The molecular formula is C19H25N3O3. The number of nitrogens with zero attached hydrogens (tertiary/aromatic N) is 2. The van der Waals surface area contributed by atoms with E-state index >= 15 is 0 Å². The number of aromatic amines is 1. The third-order valence-corrected chi connectivity index (χ3v) is 4.91. The maximum absolute atomic E-state index is 13.2. The first kappa shape index (κ1) is 17.3. The number of rotatable bonds is 6. The summed E-state index contributed by atoms with van der Waals surface area (Å²) in [6.07, 6.45) is 6.01. The van der Waals surface area contributed by atoms with E-state index in [-0.39, 0.29) is 11.9 Å². The van der Waals surface area contributed by atoms with Gasteiger partial charge in [0.15, 0.2) is 0 Å². The SMILES string of the molecule is COc1ccc(OC)c(CN(C(=O)c2cn[nH]c2C)C2CCCC2)c1. The van der Waals surface area contributed by atoms with Gasteiger partial charge in [0.25, 0.3) is 5.91 Å². The predicted octanol–water partition coefficient (Wildman–Crippen LogP) is 3.32. The van der Waals surface area contributed by atoms with Gasteiger partial charge < -0.3 is 14.4 Å². The summed E-state index contributed by atoms with van der Waals surface area (Å²) >= 11 is 0. The molecule has 6 heteroatoms. The summed E-state index contributed by atoms with van der Waals surface area (Å²) in [4.78, 5) is 15.1. The molecule has 0 aliphatic heterocycles. The van der Waals surface area contributed by atoms with E-state index in [1.165, 1.54) is 0 Å². The molecule has 0 spiro atoms. The predicted molar refractivity (Wildman–Crippen MR) is 95.0 cm³/mol. The fourth-order valence-corrected chi connectivity index (χ4v) is 3.49. The lowest BCUT2D eigenvalue weighted by molar-refractivity contribution is 0.0662. The largest absolute Gasteiger partial charge is 0.497 e. The maximum atomic E-state index is 13.2. The number of aromatic nitrogens is 2. The number of benzene rings is 1. The third kappa shape index (κ3) is 3.62. The second kappa shape index (κ2) is 7.59. The molecule has 0 bridgehead atoms. The lowest BCUT2D eigenvalue weighted by atomic mass is 10.1. The van der Waals surface area contributed by atoms with Crippen LogP contribution in [0.25, 0.3) is 0 Å². The van der Waals surface area contributed by atoms with Gasteiger partial charge in [0.1, 0.15) is 11.5 Å². The third-order valence-electron chi connectivity index (χ3n) is 4.91. The molecule has 1 heterocycles. The van der Waals surface area contributed by atoms with E-state index in [1.54, 1.807) is 20.4 Å². The van der Waals surface area contributed by atoms with Crippen molar-refractivity contribution >= 4 is 5.91 Å². The first-order valence-electron chi connectivity index (χ1n) is 8.66. The Morgan fingerprint density at radius 3 is 2.64 bits per heavy atom. The molecule has 2 aromatic rings. The Bertz CT molecular complexity index is 735. The summed E-state index contributed by atoms with van der Waals surface area (Å²) in [5, 5.41) is 6.86. The molecule has 0 radical (unpaired) electrons. The van der Waals surface area contributed by atoms with Crippen LogP contribution in [-0.2, 0) is 6.54 Å². The van der Waals surface area contributed by atoms with Gasteiger partial charge >= 0.3 is 0 Å². The molecule has 0 atom stereocenters. The highest BCUT2D eigenvalue weighted by Gasteiger charge is 2.29. The van der Waals surface area contributed by atoms with Crippen LogP contribution in [0.1, 0.15) is 47.3 Å². The molecule has 134 valence electrons. The van der Waals surface area contributed by atoms with Crippen molar-refractivity contribution in [1.29, 1.82) is 0 Å². The van der Waals surface area contributed by atoms with Crippen LogP contribution < -0.4 is 9.47 Å². The van der Waals surface area contributed by atoms with Crippen molar-refractivity contribution < 1.29 is 14.3 Å². The number of H-pyrrole nitrogens is 1. The van der Waals surface area contributed by atoms with Crippen molar-refractivity contribution in [2.45, 2.75) is 45.2 Å². The Kier molecular flexibility index (Phi) is 5.26. The molecule has 1 saturated carbocycles. The summed E-state index contributed by atoms with van der Waals surface area (Å²) in [5.74, 6) is 1.54. The summed E-state index contributed by atoms with van der Waals surface area (Å²) in [7, 11) is 3.29. The van der Waals surface area contributed by atoms with E-state index in [2.05, 4.69) is 10.2 Å². The van der Waals surface area contributed by atoms with E-state index in [9.17, 15) is 4.79 Å². The average Bonchev–Trinajstić information content (AvgIpc) is 3.30. The molecule has 25 heavy (non-hydrogen) atoms. The summed E-state index contributed by atoms with van der Waals surface area (Å²) in [6, 6.07) is 5.94. The highest BCUT2D eigenvalue weighted by atomic mass is 16.5. The van der Waals surface area contributed by atoms with E-state index in [0.29, 0.717) is 12.1 Å². The van der Waals surface area contributed by atoms with Crippen molar-refractivity contribution in [3.05, 3.63) is 41.2 Å². The number of aryl methyl sites for hydroxylation is 1. The second-order valence-corrected chi connectivity index (χ2v) is 6.46. The van der Waals surface area contributed by atoms with Crippen molar-refractivity contribution in [3.63, 3.8) is 0 Å². The summed E-state index contributed by atoms with van der Waals surface area (Å²) < 4.78 is 10.8. The highest BCUT2D eigenvalue weighted by Crippen LogP contribution is 2.31. The van der Waals surface area contributed by atoms with Crippen molar-refractivity contribution in [3.8, 4) is 11.5 Å². The van der Waals surface area contributed by atoms with Crippen LogP contribution in [0, 0.1) is 6.92 Å². The Balaban J connectivity index is 1.93. The molecule has 1 N–H and O–H groups in total. The van der Waals surface area contributed by atoms with Crippen molar-refractivity contribution in [2.24, 2.45) is 0 Å². The van der Waals surface area contributed by atoms with Crippen molar-refractivity contribution in [1.82, 2.24) is 15.1 Å². The van der Waals surface area contributed by atoms with Crippen LogP contribution in [0.2, 0.25) is 0 Å². The Hall–Kier alpha value is -2.50. The molecule has 1 amide bonds. The molecule has 1 aliphatic carbocycles. The quantitative estimate of drug-likeness (QED) is 0.874. The first-order valence-corrected chi connectivity index (χ1v) is 8.66. The molecular weight excluding hydrogens is 318 g/mol. The number of ether oxygens (including phenoxy) is 2. The van der Waals surface area contributed by atoms with Gasteiger partial charge in [-0.2, -0.15) is 5.10 Å². The fourth-order valence-electron chi connectivity index (χ4n) is 3.49. The zero-order chi connectivity index (χ0) is 17.8. The minimum Gasteiger partial charge on any atom is -0.497 e. The minimum atomic E-state index is 0.0167.